The van der Waals surface area contributed by atoms with Crippen molar-refractivity contribution in [1.29, 1.82) is 0 Å². The standard InChI is InChI=1S/C13H20N4O4.C12H18N4O5/c1-4-10(19)12(20-3)13-11(15-5-6-18)9(16-17-14)7-8(2)21-13;1-7-5-8(15-16-13)10(14-3-4-17)12(21-7)11(20-2)9(19)6-18/h5,7,9-13,15,19H,4H2,1-3H3;3,5,8-12,14,18-19H,6H2,1-2H3/t9?,10?,11?,12?,13-;8?,9?,10?,11?,12-/m11/s1. The van der Waals surface area contributed by atoms with E-state index in [1.807, 2.05) is 6.92 Å². The molecule has 2 aliphatic heterocycles. The predicted octanol–water partition coefficient (Wildman–Crippen LogP) is 0.697. The minimum absolute atomic E-state index is 0.476. The maximum atomic E-state index is 10.4. The van der Waals surface area contributed by atoms with Gasteiger partial charge in [-0.3, -0.25) is 0 Å². The van der Waals surface area contributed by atoms with E-state index >= 15 is 0 Å². The lowest BCUT2D eigenvalue weighted by molar-refractivity contribution is -0.118. The smallest absolute Gasteiger partial charge is 0.147 e. The van der Waals surface area contributed by atoms with Crippen LogP contribution in [0.15, 0.2) is 46.3 Å². The second-order valence-corrected chi connectivity index (χ2v) is 9.15. The summed E-state index contributed by atoms with van der Waals surface area (Å²) in [6.45, 7) is 4.69. The average Bonchev–Trinajstić information content (AvgIpc) is 2.97. The van der Waals surface area contributed by atoms with Crippen molar-refractivity contribution >= 4 is 11.9 Å². The number of azide groups is 2. The van der Waals surface area contributed by atoms with Gasteiger partial charge >= 0.3 is 0 Å². The fraction of sp³-hybridized carbons (Fsp3) is 0.680. The van der Waals surface area contributed by atoms with Crippen LogP contribution in [0.1, 0.15) is 27.2 Å². The summed E-state index contributed by atoms with van der Waals surface area (Å²) in [5.74, 6) is 4.22. The summed E-state index contributed by atoms with van der Waals surface area (Å²) in [4.78, 5) is 26.4. The third-order valence-electron chi connectivity index (χ3n) is 6.49. The van der Waals surface area contributed by atoms with Gasteiger partial charge in [-0.2, -0.15) is 0 Å². The van der Waals surface area contributed by atoms with E-state index in [0.29, 0.717) is 17.9 Å². The number of allylic oxidation sites excluding steroid dienone is 2. The third-order valence-corrected chi connectivity index (χ3v) is 6.49. The number of hydrogen-bond acceptors (Lipinski definition) is 13. The molecule has 2 heterocycles. The first-order valence-corrected chi connectivity index (χ1v) is 12.9. The first kappa shape index (κ1) is 36.0. The summed E-state index contributed by atoms with van der Waals surface area (Å²) in [6.07, 6.45) is 0.973. The van der Waals surface area contributed by atoms with Gasteiger partial charge in [-0.15, -0.1) is 0 Å². The zero-order chi connectivity index (χ0) is 31.7. The van der Waals surface area contributed by atoms with E-state index in [-0.39, 0.29) is 0 Å². The van der Waals surface area contributed by atoms with Gasteiger partial charge in [-0.1, -0.05) is 17.2 Å². The van der Waals surface area contributed by atoms with Gasteiger partial charge in [0.05, 0.1) is 60.8 Å². The molecular formula is C25H38N8O9. The molecule has 0 aromatic heterocycles. The summed E-state index contributed by atoms with van der Waals surface area (Å²) >= 11 is 0. The van der Waals surface area contributed by atoms with E-state index in [2.05, 4.69) is 30.7 Å². The summed E-state index contributed by atoms with van der Waals surface area (Å²) in [7, 11) is 2.82. The van der Waals surface area contributed by atoms with Crippen LogP contribution < -0.4 is 10.6 Å². The van der Waals surface area contributed by atoms with Crippen molar-refractivity contribution in [2.45, 2.75) is 88.0 Å². The number of methoxy groups -OCH3 is 2. The molecule has 8 unspecified atom stereocenters. The Balaban J connectivity index is 0.000000420. The molecule has 0 spiro atoms. The van der Waals surface area contributed by atoms with Crippen molar-refractivity contribution in [3.05, 3.63) is 57.0 Å². The van der Waals surface area contributed by atoms with Crippen molar-refractivity contribution < 1.29 is 43.9 Å². The molecule has 0 aliphatic carbocycles. The Kier molecular flexibility index (Phi) is 16.5. The molecule has 2 aliphatic rings. The average molecular weight is 595 g/mol. The number of ether oxygens (including phenoxy) is 4. The van der Waals surface area contributed by atoms with Crippen molar-refractivity contribution in [2.75, 3.05) is 20.8 Å². The fourth-order valence-electron chi connectivity index (χ4n) is 4.61. The van der Waals surface area contributed by atoms with Gasteiger partial charge in [0.1, 0.15) is 42.4 Å². The second-order valence-electron chi connectivity index (χ2n) is 9.15. The predicted molar refractivity (Wildman–Crippen MR) is 148 cm³/mol. The number of aliphatic hydroxyl groups excluding tert-OH is 3. The lowest BCUT2D eigenvalue weighted by Crippen LogP contribution is -2.57. The minimum Gasteiger partial charge on any atom is -0.490 e. The second kappa shape index (κ2) is 19.2. The van der Waals surface area contributed by atoms with Gasteiger partial charge in [0.2, 0.25) is 0 Å². The van der Waals surface area contributed by atoms with Crippen molar-refractivity contribution in [3.8, 4) is 0 Å². The molecule has 0 aromatic carbocycles. The van der Waals surface area contributed by atoms with E-state index in [9.17, 15) is 19.8 Å². The molecule has 232 valence electrons. The molecule has 5 N–H and O–H groups in total. The first-order chi connectivity index (χ1) is 20.2. The molecule has 0 saturated carbocycles. The van der Waals surface area contributed by atoms with E-state index < -0.39 is 67.4 Å². The Bertz CT molecular complexity index is 1030. The van der Waals surface area contributed by atoms with Crippen molar-refractivity contribution in [3.63, 3.8) is 0 Å². The molecule has 42 heavy (non-hydrogen) atoms. The van der Waals surface area contributed by atoms with Gasteiger partial charge in [-0.05, 0) is 43.5 Å². The lowest BCUT2D eigenvalue weighted by atomic mass is 9.92. The van der Waals surface area contributed by atoms with E-state index in [1.54, 1.807) is 37.9 Å². The molecule has 0 aromatic rings. The Morgan fingerprint density at radius 2 is 1.33 bits per heavy atom. The molecule has 0 saturated heterocycles. The third kappa shape index (κ3) is 10.1. The molecular weight excluding hydrogens is 556 g/mol. The summed E-state index contributed by atoms with van der Waals surface area (Å²) < 4.78 is 21.9. The Labute approximate surface area is 242 Å². The van der Waals surface area contributed by atoms with Crippen molar-refractivity contribution in [1.82, 2.24) is 10.6 Å². The van der Waals surface area contributed by atoms with Crippen LogP contribution >= 0.6 is 0 Å². The first-order valence-electron chi connectivity index (χ1n) is 12.9. The zero-order valence-corrected chi connectivity index (χ0v) is 24.0. The number of hydrogen-bond donors (Lipinski definition) is 5. The fourth-order valence-corrected chi connectivity index (χ4v) is 4.61. The normalized spacial score (nSPS) is 27.2. The van der Waals surface area contributed by atoms with Crippen LogP contribution in [0.3, 0.4) is 0 Å². The van der Waals surface area contributed by atoms with Crippen LogP contribution in [0.4, 0.5) is 0 Å². The molecule has 2 rings (SSSR count). The van der Waals surface area contributed by atoms with Gasteiger partial charge in [0, 0.05) is 24.0 Å². The number of aliphatic hydroxyl groups is 3. The van der Waals surface area contributed by atoms with Gasteiger partial charge in [-0.25, -0.2) is 9.59 Å². The highest BCUT2D eigenvalue weighted by molar-refractivity contribution is 5.44. The minimum atomic E-state index is -1.19. The van der Waals surface area contributed by atoms with Crippen LogP contribution in [0.5, 0.6) is 0 Å². The van der Waals surface area contributed by atoms with Crippen LogP contribution in [0, 0.1) is 0 Å². The number of carbonyl (C=O) groups excluding carboxylic acids is 2. The van der Waals surface area contributed by atoms with Crippen LogP contribution in [-0.4, -0.2) is 109 Å². The van der Waals surface area contributed by atoms with Gasteiger partial charge in [0.15, 0.2) is 0 Å². The molecule has 17 nitrogen and oxygen atoms in total. The Hall–Kier alpha value is -4.00. The quantitative estimate of drug-likeness (QED) is 0.0809. The molecule has 10 atom stereocenters. The van der Waals surface area contributed by atoms with Gasteiger partial charge < -0.3 is 44.9 Å². The molecule has 0 fully saturated rings. The lowest BCUT2D eigenvalue weighted by Gasteiger charge is -2.40. The van der Waals surface area contributed by atoms with Crippen LogP contribution in [0.2, 0.25) is 0 Å². The van der Waals surface area contributed by atoms with E-state index in [4.69, 9.17) is 35.1 Å². The monoisotopic (exact) mass is 594 g/mol. The highest BCUT2D eigenvalue weighted by Gasteiger charge is 2.42. The van der Waals surface area contributed by atoms with Gasteiger partial charge in [0.25, 0.3) is 0 Å². The summed E-state index contributed by atoms with van der Waals surface area (Å²) in [5.41, 5.74) is 17.3. The highest BCUT2D eigenvalue weighted by Crippen LogP contribution is 2.27. The van der Waals surface area contributed by atoms with Crippen LogP contribution in [0.25, 0.3) is 20.9 Å². The Morgan fingerprint density at radius 1 is 0.929 bits per heavy atom. The largest absolute Gasteiger partial charge is 0.490 e. The topological polar surface area (TPSA) is 253 Å². The van der Waals surface area contributed by atoms with Crippen LogP contribution in [-0.2, 0) is 28.5 Å². The zero-order valence-electron chi connectivity index (χ0n) is 24.0. The number of nitrogens with zero attached hydrogens (tertiary/aromatic N) is 6. The summed E-state index contributed by atoms with van der Waals surface area (Å²) in [6, 6.07) is -2.42. The number of nitrogens with one attached hydrogen (secondary N) is 2. The molecule has 0 radical (unpaired) electrons. The van der Waals surface area contributed by atoms with Crippen molar-refractivity contribution in [2.24, 2.45) is 10.2 Å². The number of rotatable bonds is 14. The van der Waals surface area contributed by atoms with E-state index in [1.165, 1.54) is 14.2 Å². The highest BCUT2D eigenvalue weighted by atomic mass is 16.6. The summed E-state index contributed by atoms with van der Waals surface area (Å²) in [5, 5.41) is 41.8. The molecule has 17 heteroatoms. The molecule has 0 bridgehead atoms. The van der Waals surface area contributed by atoms with E-state index in [0.717, 1.165) is 12.4 Å². The SMILES string of the molecule is CCC(O)C(OC)[C@@H]1OC(C)=CC(N=[N+]=[N-])C1NC=C=O.COC(C(O)CO)[C@@H]1OC(C)=CC(N=[N+]=[N-])C1NC=C=O. The maximum absolute atomic E-state index is 10.4. The molecule has 0 amide bonds. The maximum Gasteiger partial charge on any atom is 0.147 e. The Morgan fingerprint density at radius 3 is 1.64 bits per heavy atom.